The van der Waals surface area contributed by atoms with Crippen LogP contribution < -0.4 is 5.48 Å². The van der Waals surface area contributed by atoms with E-state index in [9.17, 15) is 0 Å². The minimum atomic E-state index is 0.122. The molecule has 0 bridgehead atoms. The van der Waals surface area contributed by atoms with Crippen LogP contribution in [-0.4, -0.2) is 6.04 Å². The molecule has 1 N–H and O–H groups in total. The molecule has 2 nitrogen and oxygen atoms in total. The van der Waals surface area contributed by atoms with Crippen LogP contribution in [0.2, 0.25) is 0 Å². The van der Waals surface area contributed by atoms with E-state index in [4.69, 9.17) is 4.84 Å². The summed E-state index contributed by atoms with van der Waals surface area (Å²) >= 11 is 0. The summed E-state index contributed by atoms with van der Waals surface area (Å²) in [5, 5.41) is 0. The van der Waals surface area contributed by atoms with Gasteiger partial charge < -0.3 is 0 Å². The third-order valence-corrected chi connectivity index (χ3v) is 3.31. The number of benzene rings is 1. The molecule has 0 heterocycles. The lowest BCUT2D eigenvalue weighted by Gasteiger charge is -2.25. The first kappa shape index (κ1) is 15.9. The maximum absolute atomic E-state index is 5.95. The number of rotatable bonds is 9. The van der Waals surface area contributed by atoms with Crippen molar-refractivity contribution in [3.8, 4) is 0 Å². The average molecular weight is 261 g/mol. The zero-order valence-corrected chi connectivity index (χ0v) is 12.4. The van der Waals surface area contributed by atoms with Crippen molar-refractivity contribution in [2.75, 3.05) is 0 Å². The van der Waals surface area contributed by atoms with Gasteiger partial charge in [-0.2, -0.15) is 5.48 Å². The Bertz CT molecular complexity index is 348. The maximum Gasteiger partial charge on any atom is 0.104 e. The Balaban J connectivity index is 2.61. The molecule has 1 aromatic rings. The molecule has 0 saturated heterocycles. The van der Waals surface area contributed by atoms with E-state index >= 15 is 0 Å². The van der Waals surface area contributed by atoms with E-state index in [1.165, 1.54) is 5.56 Å². The van der Waals surface area contributed by atoms with Crippen molar-refractivity contribution >= 4 is 0 Å². The van der Waals surface area contributed by atoms with Crippen molar-refractivity contribution < 1.29 is 4.84 Å². The van der Waals surface area contributed by atoms with E-state index in [1.54, 1.807) is 0 Å². The number of nitrogens with one attached hydrogen (secondary N) is 1. The molecule has 2 atom stereocenters. The quantitative estimate of drug-likeness (QED) is 0.516. The maximum atomic E-state index is 5.95. The highest BCUT2D eigenvalue weighted by Crippen LogP contribution is 2.22. The van der Waals surface area contributed by atoms with Crippen LogP contribution in [0.25, 0.3) is 0 Å². The van der Waals surface area contributed by atoms with Gasteiger partial charge in [0.1, 0.15) is 6.10 Å². The van der Waals surface area contributed by atoms with E-state index < -0.39 is 0 Å². The van der Waals surface area contributed by atoms with Crippen molar-refractivity contribution in [2.24, 2.45) is 5.92 Å². The molecule has 0 amide bonds. The molecule has 0 spiro atoms. The first-order valence-corrected chi connectivity index (χ1v) is 7.26. The molecule has 2 heteroatoms. The average Bonchev–Trinajstić information content (AvgIpc) is 2.42. The summed E-state index contributed by atoms with van der Waals surface area (Å²) in [6.45, 7) is 10.4. The van der Waals surface area contributed by atoms with Gasteiger partial charge in [0.2, 0.25) is 0 Å². The van der Waals surface area contributed by atoms with Gasteiger partial charge >= 0.3 is 0 Å². The van der Waals surface area contributed by atoms with E-state index in [2.05, 4.69) is 57.1 Å². The Morgan fingerprint density at radius 2 is 1.95 bits per heavy atom. The lowest BCUT2D eigenvalue weighted by molar-refractivity contribution is -0.0569. The highest BCUT2D eigenvalue weighted by atomic mass is 16.7. The van der Waals surface area contributed by atoms with Gasteiger partial charge in [-0.3, -0.25) is 4.84 Å². The summed E-state index contributed by atoms with van der Waals surface area (Å²) < 4.78 is 0. The molecule has 0 aliphatic carbocycles. The van der Waals surface area contributed by atoms with Gasteiger partial charge in [-0.25, -0.2) is 0 Å². The fourth-order valence-corrected chi connectivity index (χ4v) is 2.03. The van der Waals surface area contributed by atoms with Gasteiger partial charge in [0.05, 0.1) is 0 Å². The standard InChI is InChI=1S/C17H27NO/c1-5-10-16(14(3)4)18-19-17(11-6-2)15-12-8-7-9-13-15/h5,7-9,12-14,16-18H,1,6,10-11H2,2-4H3/t16-,17-/m1/s1. The summed E-state index contributed by atoms with van der Waals surface area (Å²) in [7, 11) is 0. The van der Waals surface area contributed by atoms with E-state index in [0.29, 0.717) is 12.0 Å². The topological polar surface area (TPSA) is 21.3 Å². The Morgan fingerprint density at radius 3 is 2.47 bits per heavy atom. The monoisotopic (exact) mass is 261 g/mol. The van der Waals surface area contributed by atoms with Crippen LogP contribution in [0.1, 0.15) is 51.7 Å². The summed E-state index contributed by atoms with van der Waals surface area (Å²) in [5.74, 6) is 0.524. The van der Waals surface area contributed by atoms with Crippen LogP contribution in [0.15, 0.2) is 43.0 Å². The smallest absolute Gasteiger partial charge is 0.104 e. The Kier molecular flexibility index (Phi) is 7.46. The number of hydrogen-bond acceptors (Lipinski definition) is 2. The number of hydrogen-bond donors (Lipinski definition) is 1. The molecule has 0 fully saturated rings. The second-order valence-corrected chi connectivity index (χ2v) is 5.30. The van der Waals surface area contributed by atoms with Crippen LogP contribution >= 0.6 is 0 Å². The van der Waals surface area contributed by atoms with Crippen LogP contribution in [0, 0.1) is 5.92 Å². The molecule has 106 valence electrons. The van der Waals surface area contributed by atoms with E-state index in [1.807, 2.05) is 12.1 Å². The predicted molar refractivity (Wildman–Crippen MR) is 81.8 cm³/mol. The van der Waals surface area contributed by atoms with Gasteiger partial charge in [0.15, 0.2) is 0 Å². The fraction of sp³-hybridized carbons (Fsp3) is 0.529. The molecule has 0 aliphatic heterocycles. The minimum absolute atomic E-state index is 0.122. The van der Waals surface area contributed by atoms with Crippen LogP contribution in [-0.2, 0) is 4.84 Å². The Labute approximate surface area is 117 Å². The van der Waals surface area contributed by atoms with Crippen molar-refractivity contribution in [3.63, 3.8) is 0 Å². The summed E-state index contributed by atoms with van der Waals surface area (Å²) in [6.07, 6.45) is 5.12. The SMILES string of the molecule is C=CC[C@@H](NO[C@H](CCC)c1ccccc1)C(C)C. The molecule has 1 rings (SSSR count). The fourth-order valence-electron chi connectivity index (χ4n) is 2.03. The van der Waals surface area contributed by atoms with Crippen molar-refractivity contribution in [1.82, 2.24) is 5.48 Å². The molecule has 0 unspecified atom stereocenters. The van der Waals surface area contributed by atoms with Gasteiger partial charge in [-0.15, -0.1) is 6.58 Å². The normalized spacial score (nSPS) is 14.3. The number of hydroxylamine groups is 1. The summed E-state index contributed by atoms with van der Waals surface area (Å²) in [6, 6.07) is 10.7. The van der Waals surface area contributed by atoms with Gasteiger partial charge in [0, 0.05) is 6.04 Å². The molecule has 0 radical (unpaired) electrons. The van der Waals surface area contributed by atoms with Crippen LogP contribution in [0.4, 0.5) is 0 Å². The van der Waals surface area contributed by atoms with Crippen LogP contribution in [0.3, 0.4) is 0 Å². The minimum Gasteiger partial charge on any atom is -0.293 e. The van der Waals surface area contributed by atoms with E-state index in [-0.39, 0.29) is 6.10 Å². The van der Waals surface area contributed by atoms with Gasteiger partial charge in [-0.1, -0.05) is 63.6 Å². The largest absolute Gasteiger partial charge is 0.293 e. The third kappa shape index (κ3) is 5.58. The van der Waals surface area contributed by atoms with Gasteiger partial charge in [-0.05, 0) is 24.3 Å². The second kappa shape index (κ2) is 8.89. The molecule has 0 aromatic heterocycles. The Morgan fingerprint density at radius 1 is 1.26 bits per heavy atom. The second-order valence-electron chi connectivity index (χ2n) is 5.30. The molecule has 0 saturated carbocycles. The lowest BCUT2D eigenvalue weighted by atomic mass is 10.0. The van der Waals surface area contributed by atoms with Crippen molar-refractivity contribution in [1.29, 1.82) is 0 Å². The first-order chi connectivity index (χ1) is 9.19. The predicted octanol–water partition coefficient (Wildman–Crippen LogP) is 4.65. The van der Waals surface area contributed by atoms with Crippen LogP contribution in [0.5, 0.6) is 0 Å². The zero-order chi connectivity index (χ0) is 14.1. The third-order valence-electron chi connectivity index (χ3n) is 3.31. The Hall–Kier alpha value is -1.12. The summed E-state index contributed by atoms with van der Waals surface area (Å²) in [5.41, 5.74) is 4.47. The molecular weight excluding hydrogens is 234 g/mol. The first-order valence-electron chi connectivity index (χ1n) is 7.26. The summed E-state index contributed by atoms with van der Waals surface area (Å²) in [4.78, 5) is 5.95. The lowest BCUT2D eigenvalue weighted by Crippen LogP contribution is -2.34. The van der Waals surface area contributed by atoms with Crippen molar-refractivity contribution in [2.45, 2.75) is 52.2 Å². The molecular formula is C17H27NO. The zero-order valence-electron chi connectivity index (χ0n) is 12.4. The molecule has 1 aromatic carbocycles. The van der Waals surface area contributed by atoms with Crippen molar-refractivity contribution in [3.05, 3.63) is 48.6 Å². The highest BCUT2D eigenvalue weighted by Gasteiger charge is 2.16. The molecule has 19 heavy (non-hydrogen) atoms. The highest BCUT2D eigenvalue weighted by molar-refractivity contribution is 5.17. The van der Waals surface area contributed by atoms with Gasteiger partial charge in [0.25, 0.3) is 0 Å². The molecule has 0 aliphatic rings. The van der Waals surface area contributed by atoms with E-state index in [0.717, 1.165) is 19.3 Å².